The first-order valence-electron chi connectivity index (χ1n) is 6.75. The molecule has 0 bridgehead atoms. The number of nitrogens with one attached hydrogen (secondary N) is 2. The van der Waals surface area contributed by atoms with Gasteiger partial charge in [-0.05, 0) is 24.3 Å². The van der Waals surface area contributed by atoms with E-state index in [0.717, 1.165) is 12.1 Å². The van der Waals surface area contributed by atoms with Crippen molar-refractivity contribution >= 4 is 23.1 Å². The first kappa shape index (κ1) is 15.9. The summed E-state index contributed by atoms with van der Waals surface area (Å²) in [5.74, 6) is -1.53. The Bertz CT molecular complexity index is 679. The van der Waals surface area contributed by atoms with Gasteiger partial charge in [0.25, 0.3) is 0 Å². The molecule has 4 nitrogen and oxygen atoms in total. The van der Waals surface area contributed by atoms with Gasteiger partial charge >= 0.3 is 0 Å². The SMILES string of the molecule is CC(C)(C)C(=O)Nc1ccc(Nc2ccc(F)c(F)c2)cn1. The average molecular weight is 305 g/mol. The second-order valence-electron chi connectivity index (χ2n) is 5.89. The zero-order chi connectivity index (χ0) is 16.3. The lowest BCUT2D eigenvalue weighted by molar-refractivity contribution is -0.123. The van der Waals surface area contributed by atoms with Gasteiger partial charge in [-0.2, -0.15) is 0 Å². The quantitative estimate of drug-likeness (QED) is 0.898. The molecule has 0 saturated heterocycles. The Labute approximate surface area is 127 Å². The van der Waals surface area contributed by atoms with E-state index < -0.39 is 17.0 Å². The highest BCUT2D eigenvalue weighted by molar-refractivity contribution is 5.93. The molecule has 0 saturated carbocycles. The highest BCUT2D eigenvalue weighted by Gasteiger charge is 2.21. The fourth-order valence-electron chi connectivity index (χ4n) is 1.59. The van der Waals surface area contributed by atoms with Gasteiger partial charge in [0.15, 0.2) is 11.6 Å². The standard InChI is InChI=1S/C16H17F2N3O/c1-16(2,3)15(22)21-14-7-5-11(9-19-14)20-10-4-6-12(17)13(18)8-10/h4-9,20H,1-3H3,(H,19,21,22). The molecule has 116 valence electrons. The Morgan fingerprint density at radius 2 is 1.73 bits per heavy atom. The normalized spacial score (nSPS) is 11.1. The maximum absolute atomic E-state index is 13.1. The van der Waals surface area contributed by atoms with E-state index in [-0.39, 0.29) is 5.91 Å². The topological polar surface area (TPSA) is 54.0 Å². The smallest absolute Gasteiger partial charge is 0.230 e. The van der Waals surface area contributed by atoms with Gasteiger partial charge < -0.3 is 10.6 Å². The minimum atomic E-state index is -0.924. The van der Waals surface area contributed by atoms with Crippen molar-refractivity contribution in [3.8, 4) is 0 Å². The number of carbonyl (C=O) groups excluding carboxylic acids is 1. The molecule has 0 fully saturated rings. The predicted octanol–water partition coefficient (Wildman–Crippen LogP) is 4.09. The number of aromatic nitrogens is 1. The minimum Gasteiger partial charge on any atom is -0.354 e. The lowest BCUT2D eigenvalue weighted by Crippen LogP contribution is -2.27. The van der Waals surface area contributed by atoms with E-state index in [1.54, 1.807) is 32.9 Å². The lowest BCUT2D eigenvalue weighted by atomic mass is 9.96. The third-order valence-electron chi connectivity index (χ3n) is 2.89. The molecule has 0 radical (unpaired) electrons. The molecule has 0 aliphatic rings. The molecule has 2 N–H and O–H groups in total. The number of pyridine rings is 1. The van der Waals surface area contributed by atoms with Crippen LogP contribution in [0.3, 0.4) is 0 Å². The Morgan fingerprint density at radius 3 is 2.27 bits per heavy atom. The van der Waals surface area contributed by atoms with Crippen LogP contribution < -0.4 is 10.6 Å². The molecule has 2 aromatic rings. The van der Waals surface area contributed by atoms with E-state index in [1.165, 1.54) is 12.3 Å². The summed E-state index contributed by atoms with van der Waals surface area (Å²) in [6.45, 7) is 5.42. The summed E-state index contributed by atoms with van der Waals surface area (Å²) in [7, 11) is 0. The second kappa shape index (κ2) is 6.09. The Morgan fingerprint density at radius 1 is 1.05 bits per heavy atom. The minimum absolute atomic E-state index is 0.138. The number of anilines is 3. The summed E-state index contributed by atoms with van der Waals surface area (Å²) in [6, 6.07) is 6.85. The van der Waals surface area contributed by atoms with Gasteiger partial charge in [-0.25, -0.2) is 13.8 Å². The molecule has 0 aliphatic heterocycles. The van der Waals surface area contributed by atoms with Gasteiger partial charge in [-0.1, -0.05) is 20.8 Å². The number of benzene rings is 1. The zero-order valence-electron chi connectivity index (χ0n) is 12.6. The number of amides is 1. The molecule has 0 spiro atoms. The molecule has 1 amide bonds. The van der Waals surface area contributed by atoms with Crippen molar-refractivity contribution < 1.29 is 13.6 Å². The summed E-state index contributed by atoms with van der Waals surface area (Å²) >= 11 is 0. The van der Waals surface area contributed by atoms with Crippen molar-refractivity contribution in [2.45, 2.75) is 20.8 Å². The molecule has 1 aromatic heterocycles. The van der Waals surface area contributed by atoms with Crippen LogP contribution in [0.4, 0.5) is 26.0 Å². The fraction of sp³-hybridized carbons (Fsp3) is 0.250. The first-order valence-corrected chi connectivity index (χ1v) is 6.75. The molecule has 1 heterocycles. The highest BCUT2D eigenvalue weighted by Crippen LogP contribution is 2.20. The van der Waals surface area contributed by atoms with Gasteiger partial charge in [-0.15, -0.1) is 0 Å². The molecular weight excluding hydrogens is 288 g/mol. The van der Waals surface area contributed by atoms with Crippen LogP contribution in [0.5, 0.6) is 0 Å². The predicted molar refractivity (Wildman–Crippen MR) is 82.0 cm³/mol. The second-order valence-corrected chi connectivity index (χ2v) is 5.89. The summed E-state index contributed by atoms with van der Waals surface area (Å²) in [5, 5.41) is 5.60. The average Bonchev–Trinajstić information content (AvgIpc) is 2.44. The van der Waals surface area contributed by atoms with Crippen molar-refractivity contribution in [1.82, 2.24) is 4.98 Å². The molecule has 1 aromatic carbocycles. The summed E-state index contributed by atoms with van der Waals surface area (Å²) in [6.07, 6.45) is 1.50. The van der Waals surface area contributed by atoms with Crippen LogP contribution in [-0.2, 0) is 4.79 Å². The number of halogens is 2. The van der Waals surface area contributed by atoms with E-state index in [1.807, 2.05) is 0 Å². The van der Waals surface area contributed by atoms with Crippen molar-refractivity contribution in [2.75, 3.05) is 10.6 Å². The van der Waals surface area contributed by atoms with Crippen LogP contribution in [0, 0.1) is 17.0 Å². The third-order valence-corrected chi connectivity index (χ3v) is 2.89. The van der Waals surface area contributed by atoms with Crippen LogP contribution in [0.1, 0.15) is 20.8 Å². The van der Waals surface area contributed by atoms with Crippen molar-refractivity contribution in [1.29, 1.82) is 0 Å². The number of carbonyl (C=O) groups is 1. The molecule has 0 aliphatic carbocycles. The Hall–Kier alpha value is -2.50. The Balaban J connectivity index is 2.06. The molecule has 0 atom stereocenters. The molecule has 0 unspecified atom stereocenters. The highest BCUT2D eigenvalue weighted by atomic mass is 19.2. The van der Waals surface area contributed by atoms with E-state index >= 15 is 0 Å². The number of nitrogens with zero attached hydrogens (tertiary/aromatic N) is 1. The van der Waals surface area contributed by atoms with E-state index in [4.69, 9.17) is 0 Å². The van der Waals surface area contributed by atoms with Gasteiger partial charge in [-0.3, -0.25) is 4.79 Å². The lowest BCUT2D eigenvalue weighted by Gasteiger charge is -2.17. The summed E-state index contributed by atoms with van der Waals surface area (Å²) in [4.78, 5) is 15.9. The maximum atomic E-state index is 13.1. The van der Waals surface area contributed by atoms with E-state index in [0.29, 0.717) is 17.2 Å². The van der Waals surface area contributed by atoms with Gasteiger partial charge in [0.1, 0.15) is 5.82 Å². The van der Waals surface area contributed by atoms with Crippen LogP contribution >= 0.6 is 0 Å². The van der Waals surface area contributed by atoms with Crippen LogP contribution in [0.25, 0.3) is 0 Å². The van der Waals surface area contributed by atoms with Crippen molar-refractivity contribution in [3.05, 3.63) is 48.2 Å². The first-order chi connectivity index (χ1) is 10.3. The van der Waals surface area contributed by atoms with E-state index in [9.17, 15) is 13.6 Å². The van der Waals surface area contributed by atoms with Crippen molar-refractivity contribution in [3.63, 3.8) is 0 Å². The number of hydrogen-bond donors (Lipinski definition) is 2. The third kappa shape index (κ3) is 4.00. The zero-order valence-corrected chi connectivity index (χ0v) is 12.6. The number of hydrogen-bond acceptors (Lipinski definition) is 3. The molecule has 6 heteroatoms. The van der Waals surface area contributed by atoms with Crippen molar-refractivity contribution in [2.24, 2.45) is 5.41 Å². The largest absolute Gasteiger partial charge is 0.354 e. The number of rotatable bonds is 3. The van der Waals surface area contributed by atoms with Crippen LogP contribution in [0.15, 0.2) is 36.5 Å². The fourth-order valence-corrected chi connectivity index (χ4v) is 1.59. The van der Waals surface area contributed by atoms with Gasteiger partial charge in [0.05, 0.1) is 11.9 Å². The molecule has 22 heavy (non-hydrogen) atoms. The molecule has 2 rings (SSSR count). The van der Waals surface area contributed by atoms with Crippen LogP contribution in [0.2, 0.25) is 0 Å². The maximum Gasteiger partial charge on any atom is 0.230 e. The summed E-state index contributed by atoms with van der Waals surface area (Å²) < 4.78 is 26.0. The molecular formula is C16H17F2N3O. The van der Waals surface area contributed by atoms with Gasteiger partial charge in [0, 0.05) is 17.2 Å². The Kier molecular flexibility index (Phi) is 4.40. The monoisotopic (exact) mass is 305 g/mol. The van der Waals surface area contributed by atoms with Gasteiger partial charge in [0.2, 0.25) is 5.91 Å². The van der Waals surface area contributed by atoms with Crippen LogP contribution in [-0.4, -0.2) is 10.9 Å². The summed E-state index contributed by atoms with van der Waals surface area (Å²) in [5.41, 5.74) is 0.497. The van der Waals surface area contributed by atoms with E-state index in [2.05, 4.69) is 15.6 Å².